The Hall–Kier alpha value is -6.12. The van der Waals surface area contributed by atoms with E-state index in [0.29, 0.717) is 0 Å². The fraction of sp³-hybridized carbons (Fsp3) is 0. The van der Waals surface area contributed by atoms with Crippen molar-refractivity contribution in [3.63, 3.8) is 0 Å². The largest absolute Gasteiger partial charge is 0.455 e. The highest BCUT2D eigenvalue weighted by molar-refractivity contribution is 6.28. The Morgan fingerprint density at radius 3 is 1.67 bits per heavy atom. The highest BCUT2D eigenvalue weighted by Gasteiger charge is 2.26. The molecule has 0 saturated heterocycles. The Labute approximate surface area is 264 Å². The molecule has 0 unspecified atom stereocenters. The Bertz CT molecular complexity index is 2740. The van der Waals surface area contributed by atoms with Crippen molar-refractivity contribution in [1.82, 2.24) is 0 Å². The Morgan fingerprint density at radius 2 is 0.935 bits per heavy atom. The Balaban J connectivity index is 1.41. The number of furan rings is 2. The minimum absolute atomic E-state index is 0.812. The van der Waals surface area contributed by atoms with Gasteiger partial charge in [-0.3, -0.25) is 0 Å². The van der Waals surface area contributed by atoms with Gasteiger partial charge in [0.25, 0.3) is 0 Å². The van der Waals surface area contributed by atoms with Crippen LogP contribution in [0.25, 0.3) is 98.8 Å². The van der Waals surface area contributed by atoms with Crippen LogP contribution in [0.1, 0.15) is 0 Å². The molecule has 0 bridgehead atoms. The second kappa shape index (κ2) is 9.69. The fourth-order valence-corrected chi connectivity index (χ4v) is 7.45. The van der Waals surface area contributed by atoms with Crippen LogP contribution in [0, 0.1) is 0 Å². The van der Waals surface area contributed by atoms with E-state index in [1.807, 2.05) is 18.2 Å². The van der Waals surface area contributed by atoms with Crippen LogP contribution in [0.15, 0.2) is 167 Å². The van der Waals surface area contributed by atoms with Gasteiger partial charge in [0.15, 0.2) is 0 Å². The number of para-hydroxylation sites is 1. The summed E-state index contributed by atoms with van der Waals surface area (Å²) < 4.78 is 13.5. The Morgan fingerprint density at radius 1 is 0.326 bits per heavy atom. The first kappa shape index (κ1) is 25.2. The molecule has 0 aliphatic carbocycles. The van der Waals surface area contributed by atoms with Crippen molar-refractivity contribution in [2.75, 3.05) is 0 Å². The zero-order valence-corrected chi connectivity index (χ0v) is 24.8. The number of fused-ring (bicyclic) bond motifs is 8. The topological polar surface area (TPSA) is 26.3 Å². The fourth-order valence-electron chi connectivity index (χ4n) is 7.45. The molecule has 2 heteroatoms. The van der Waals surface area contributed by atoms with E-state index in [1.165, 1.54) is 43.4 Å². The molecule has 0 radical (unpaired) electrons. The third-order valence-corrected chi connectivity index (χ3v) is 9.45. The maximum Gasteiger partial charge on any atom is 0.147 e. The van der Waals surface area contributed by atoms with Gasteiger partial charge in [0.05, 0.1) is 5.39 Å². The molecule has 46 heavy (non-hydrogen) atoms. The minimum atomic E-state index is 0.812. The zero-order chi connectivity index (χ0) is 30.2. The van der Waals surface area contributed by atoms with Gasteiger partial charge in [-0.05, 0) is 67.7 Å². The predicted octanol–water partition coefficient (Wildman–Crippen LogP) is 12.8. The smallest absolute Gasteiger partial charge is 0.147 e. The lowest BCUT2D eigenvalue weighted by Crippen LogP contribution is -1.92. The molecule has 2 heterocycles. The zero-order valence-electron chi connectivity index (χ0n) is 24.8. The van der Waals surface area contributed by atoms with Gasteiger partial charge >= 0.3 is 0 Å². The van der Waals surface area contributed by atoms with Crippen molar-refractivity contribution in [3.8, 4) is 33.6 Å². The lowest BCUT2D eigenvalue weighted by molar-refractivity contribution is 0.631. The third kappa shape index (κ3) is 3.59. The summed E-state index contributed by atoms with van der Waals surface area (Å²) in [6.45, 7) is 0. The van der Waals surface area contributed by atoms with Crippen molar-refractivity contribution in [3.05, 3.63) is 158 Å². The number of hydrogen-bond acceptors (Lipinski definition) is 2. The first-order valence-electron chi connectivity index (χ1n) is 15.7. The summed E-state index contributed by atoms with van der Waals surface area (Å²) in [5.41, 5.74) is 8.23. The minimum Gasteiger partial charge on any atom is -0.455 e. The van der Waals surface area contributed by atoms with Crippen LogP contribution in [0.5, 0.6) is 0 Å². The van der Waals surface area contributed by atoms with Gasteiger partial charge in [0.1, 0.15) is 22.5 Å². The van der Waals surface area contributed by atoms with Gasteiger partial charge < -0.3 is 8.83 Å². The van der Waals surface area contributed by atoms with Crippen molar-refractivity contribution in [2.45, 2.75) is 0 Å². The second-order valence-corrected chi connectivity index (χ2v) is 12.0. The summed E-state index contributed by atoms with van der Waals surface area (Å²) in [6, 6.07) is 56.0. The number of hydrogen-bond donors (Lipinski definition) is 0. The number of rotatable bonds is 3. The van der Waals surface area contributed by atoms with E-state index in [-0.39, 0.29) is 0 Å². The average Bonchev–Trinajstić information content (AvgIpc) is 3.69. The highest BCUT2D eigenvalue weighted by Crippen LogP contribution is 2.51. The van der Waals surface area contributed by atoms with E-state index in [1.54, 1.807) is 0 Å². The molecule has 2 aromatic heterocycles. The summed E-state index contributed by atoms with van der Waals surface area (Å²) >= 11 is 0. The molecule has 214 valence electrons. The van der Waals surface area contributed by atoms with Crippen LogP contribution in [0.2, 0.25) is 0 Å². The molecule has 0 saturated carbocycles. The van der Waals surface area contributed by atoms with Gasteiger partial charge in [0, 0.05) is 27.5 Å². The maximum absolute atomic E-state index is 6.84. The van der Waals surface area contributed by atoms with Crippen molar-refractivity contribution in [2.24, 2.45) is 0 Å². The predicted molar refractivity (Wildman–Crippen MR) is 192 cm³/mol. The van der Waals surface area contributed by atoms with Gasteiger partial charge in [-0.25, -0.2) is 0 Å². The van der Waals surface area contributed by atoms with E-state index >= 15 is 0 Å². The van der Waals surface area contributed by atoms with E-state index in [4.69, 9.17) is 8.83 Å². The van der Waals surface area contributed by atoms with Gasteiger partial charge in [-0.2, -0.15) is 0 Å². The lowest BCUT2D eigenvalue weighted by atomic mass is 9.84. The molecule has 0 amide bonds. The summed E-state index contributed by atoms with van der Waals surface area (Å²) in [6.07, 6.45) is 0. The van der Waals surface area contributed by atoms with Gasteiger partial charge in [0.2, 0.25) is 0 Å². The van der Waals surface area contributed by atoms with Crippen LogP contribution in [0.3, 0.4) is 0 Å². The summed E-state index contributed by atoms with van der Waals surface area (Å²) in [5, 5.41) is 10.4. The van der Waals surface area contributed by atoms with E-state index < -0.39 is 0 Å². The molecular weight excluding hydrogens is 560 g/mol. The van der Waals surface area contributed by atoms with E-state index in [2.05, 4.69) is 140 Å². The van der Waals surface area contributed by atoms with Crippen LogP contribution in [0.4, 0.5) is 0 Å². The average molecular weight is 587 g/mol. The van der Waals surface area contributed by atoms with E-state index in [9.17, 15) is 0 Å². The monoisotopic (exact) mass is 586 g/mol. The molecule has 8 aromatic carbocycles. The van der Waals surface area contributed by atoms with Crippen molar-refractivity contribution < 1.29 is 8.83 Å². The van der Waals surface area contributed by atoms with Crippen molar-refractivity contribution in [1.29, 1.82) is 0 Å². The molecule has 10 aromatic rings. The quantitative estimate of drug-likeness (QED) is 0.193. The summed E-state index contributed by atoms with van der Waals surface area (Å²) in [5.74, 6) is 0.845. The molecule has 10 rings (SSSR count). The number of benzene rings is 8. The summed E-state index contributed by atoms with van der Waals surface area (Å²) in [4.78, 5) is 0. The van der Waals surface area contributed by atoms with E-state index in [0.717, 1.165) is 55.4 Å². The van der Waals surface area contributed by atoms with Crippen LogP contribution >= 0.6 is 0 Å². The van der Waals surface area contributed by atoms with Crippen molar-refractivity contribution >= 4 is 65.2 Å². The SMILES string of the molecule is c1ccc(-c2oc3ccc4c5ccccc5oc4c3c2-c2c3ccccc3c(-c3ccc4ccccc4c3)c3ccccc23)cc1. The van der Waals surface area contributed by atoms with Crippen LogP contribution < -0.4 is 0 Å². The Kier molecular flexibility index (Phi) is 5.31. The lowest BCUT2D eigenvalue weighted by Gasteiger charge is -2.18. The first-order chi connectivity index (χ1) is 22.8. The van der Waals surface area contributed by atoms with Gasteiger partial charge in [-0.15, -0.1) is 0 Å². The van der Waals surface area contributed by atoms with Gasteiger partial charge in [-0.1, -0.05) is 133 Å². The highest BCUT2D eigenvalue weighted by atomic mass is 16.3. The molecular formula is C44H26O2. The normalized spacial score (nSPS) is 11.9. The standard InChI is InChI=1S/C44H26O2/c1-2-13-28(14-3-1)43-42(41-38(46-43)25-24-36-31-16-10-11-21-37(31)45-44(36)41)40-34-19-8-6-17-32(34)39(33-18-7-9-20-35(33)40)30-23-22-27-12-4-5-15-29(27)26-30/h1-26H. The maximum atomic E-state index is 6.84. The third-order valence-electron chi connectivity index (χ3n) is 9.45. The first-order valence-corrected chi connectivity index (χ1v) is 15.7. The summed E-state index contributed by atoms with van der Waals surface area (Å²) in [7, 11) is 0. The molecule has 0 N–H and O–H groups in total. The molecule has 2 nitrogen and oxygen atoms in total. The van der Waals surface area contributed by atoms with Crippen LogP contribution in [-0.2, 0) is 0 Å². The molecule has 0 fully saturated rings. The molecule has 0 atom stereocenters. The molecule has 0 aliphatic heterocycles. The van der Waals surface area contributed by atoms with Crippen LogP contribution in [-0.4, -0.2) is 0 Å². The second-order valence-electron chi connectivity index (χ2n) is 12.0. The molecule has 0 spiro atoms. The molecule has 0 aliphatic rings.